The summed E-state index contributed by atoms with van der Waals surface area (Å²) < 4.78 is 0. The fourth-order valence-electron chi connectivity index (χ4n) is 1.98. The van der Waals surface area contributed by atoms with E-state index in [1.807, 2.05) is 0 Å². The second-order valence-corrected chi connectivity index (χ2v) is 5.11. The first-order valence-electron chi connectivity index (χ1n) is 6.12. The second-order valence-electron chi connectivity index (χ2n) is 5.11. The standard InChI is InChI=1S/C15H24/c1-12(2)15-10-8-13(3)6-5-7-14(4)9-11-15/h5,7-8,10,12,14-15H,3,6,9,11H2,1-2,4H3/b7-5-,10-8+/t14-,15-/m1/s1. The molecule has 15 heavy (non-hydrogen) atoms. The summed E-state index contributed by atoms with van der Waals surface area (Å²) >= 11 is 0. The van der Waals surface area contributed by atoms with Crippen LogP contribution < -0.4 is 0 Å². The van der Waals surface area contributed by atoms with Crippen molar-refractivity contribution in [3.63, 3.8) is 0 Å². The third kappa shape index (κ3) is 4.51. The topological polar surface area (TPSA) is 0 Å². The smallest absolute Gasteiger partial charge is 0.0103 e. The van der Waals surface area contributed by atoms with Gasteiger partial charge >= 0.3 is 0 Å². The van der Waals surface area contributed by atoms with Gasteiger partial charge in [0.05, 0.1) is 0 Å². The zero-order chi connectivity index (χ0) is 11.3. The highest BCUT2D eigenvalue weighted by atomic mass is 14.2. The molecule has 0 heteroatoms. The molecule has 1 rings (SSSR count). The van der Waals surface area contributed by atoms with E-state index in [1.54, 1.807) is 0 Å². The van der Waals surface area contributed by atoms with Crippen LogP contribution in [0.1, 0.15) is 40.0 Å². The molecule has 1 aliphatic carbocycles. The molecular formula is C15H24. The van der Waals surface area contributed by atoms with Crippen molar-refractivity contribution in [1.29, 1.82) is 0 Å². The van der Waals surface area contributed by atoms with E-state index in [-0.39, 0.29) is 0 Å². The molecular weight excluding hydrogens is 180 g/mol. The Morgan fingerprint density at radius 2 is 2.00 bits per heavy atom. The molecule has 0 radical (unpaired) electrons. The highest BCUT2D eigenvalue weighted by Crippen LogP contribution is 2.24. The summed E-state index contributed by atoms with van der Waals surface area (Å²) in [4.78, 5) is 0. The van der Waals surface area contributed by atoms with Crippen molar-refractivity contribution in [2.75, 3.05) is 0 Å². The van der Waals surface area contributed by atoms with Crippen LogP contribution in [0.15, 0.2) is 36.5 Å². The van der Waals surface area contributed by atoms with Crippen molar-refractivity contribution in [2.24, 2.45) is 17.8 Å². The Morgan fingerprint density at radius 3 is 2.67 bits per heavy atom. The summed E-state index contributed by atoms with van der Waals surface area (Å²) in [5.74, 6) is 2.17. The lowest BCUT2D eigenvalue weighted by molar-refractivity contribution is 0.404. The summed E-state index contributed by atoms with van der Waals surface area (Å²) in [6.07, 6.45) is 12.8. The Hall–Kier alpha value is -0.780. The second kappa shape index (κ2) is 5.95. The molecule has 0 spiro atoms. The Kier molecular flexibility index (Phi) is 4.87. The molecule has 0 aromatic carbocycles. The maximum atomic E-state index is 4.07. The van der Waals surface area contributed by atoms with Crippen molar-refractivity contribution in [2.45, 2.75) is 40.0 Å². The van der Waals surface area contributed by atoms with Gasteiger partial charge in [-0.2, -0.15) is 0 Å². The molecule has 0 aromatic heterocycles. The molecule has 0 amide bonds. The lowest BCUT2D eigenvalue weighted by atomic mass is 9.86. The van der Waals surface area contributed by atoms with Gasteiger partial charge in [0.25, 0.3) is 0 Å². The van der Waals surface area contributed by atoms with Gasteiger partial charge in [-0.05, 0) is 37.0 Å². The molecule has 0 saturated carbocycles. The van der Waals surface area contributed by atoms with E-state index in [2.05, 4.69) is 51.7 Å². The lowest BCUT2D eigenvalue weighted by Gasteiger charge is -2.19. The highest BCUT2D eigenvalue weighted by molar-refractivity contribution is 5.19. The minimum atomic E-state index is 0.713. The Morgan fingerprint density at radius 1 is 1.27 bits per heavy atom. The maximum absolute atomic E-state index is 4.07. The Balaban J connectivity index is 2.69. The van der Waals surface area contributed by atoms with E-state index >= 15 is 0 Å². The van der Waals surface area contributed by atoms with Gasteiger partial charge in [-0.3, -0.25) is 0 Å². The molecule has 0 aliphatic heterocycles. The third-order valence-corrected chi connectivity index (χ3v) is 3.24. The van der Waals surface area contributed by atoms with E-state index in [9.17, 15) is 0 Å². The van der Waals surface area contributed by atoms with Crippen LogP contribution in [0.5, 0.6) is 0 Å². The molecule has 0 fully saturated rings. The van der Waals surface area contributed by atoms with Gasteiger partial charge in [0.15, 0.2) is 0 Å². The van der Waals surface area contributed by atoms with Crippen LogP contribution in [-0.2, 0) is 0 Å². The molecule has 2 atom stereocenters. The monoisotopic (exact) mass is 204 g/mol. The summed E-state index contributed by atoms with van der Waals surface area (Å²) in [6, 6.07) is 0. The minimum absolute atomic E-state index is 0.713. The largest absolute Gasteiger partial charge is 0.0955 e. The summed E-state index contributed by atoms with van der Waals surface area (Å²) in [5, 5.41) is 0. The van der Waals surface area contributed by atoms with Crippen molar-refractivity contribution in [3.8, 4) is 0 Å². The van der Waals surface area contributed by atoms with E-state index in [0.717, 1.165) is 18.3 Å². The molecule has 0 bridgehead atoms. The molecule has 0 N–H and O–H groups in total. The minimum Gasteiger partial charge on any atom is -0.0955 e. The maximum Gasteiger partial charge on any atom is -0.0103 e. The van der Waals surface area contributed by atoms with Gasteiger partial charge in [0, 0.05) is 0 Å². The van der Waals surface area contributed by atoms with E-state index < -0.39 is 0 Å². The fraction of sp³-hybridized carbons (Fsp3) is 0.600. The average Bonchev–Trinajstić information content (AvgIpc) is 2.16. The first-order chi connectivity index (χ1) is 7.09. The van der Waals surface area contributed by atoms with Gasteiger partial charge < -0.3 is 0 Å². The Labute approximate surface area is 94.8 Å². The van der Waals surface area contributed by atoms with Crippen molar-refractivity contribution in [3.05, 3.63) is 36.5 Å². The SMILES string of the molecule is C=C1/C=C/[C@@H](C(C)C)CC[C@H](C)/C=C\C1. The number of hydrogen-bond donors (Lipinski definition) is 0. The summed E-state index contributed by atoms with van der Waals surface area (Å²) in [7, 11) is 0. The van der Waals surface area contributed by atoms with Gasteiger partial charge in [0.2, 0.25) is 0 Å². The molecule has 0 heterocycles. The van der Waals surface area contributed by atoms with Crippen LogP contribution in [0.25, 0.3) is 0 Å². The van der Waals surface area contributed by atoms with Gasteiger partial charge in [-0.1, -0.05) is 57.2 Å². The first-order valence-corrected chi connectivity index (χ1v) is 6.12. The number of allylic oxidation sites excluding steroid dienone is 5. The molecule has 0 nitrogen and oxygen atoms in total. The van der Waals surface area contributed by atoms with Gasteiger partial charge in [-0.15, -0.1) is 0 Å². The van der Waals surface area contributed by atoms with E-state index in [1.165, 1.54) is 18.4 Å². The quantitative estimate of drug-likeness (QED) is 0.541. The average molecular weight is 204 g/mol. The van der Waals surface area contributed by atoms with Gasteiger partial charge in [0.1, 0.15) is 0 Å². The molecule has 0 unspecified atom stereocenters. The fourth-order valence-corrected chi connectivity index (χ4v) is 1.98. The first kappa shape index (κ1) is 12.3. The highest BCUT2D eigenvalue weighted by Gasteiger charge is 2.11. The van der Waals surface area contributed by atoms with Crippen LogP contribution in [0, 0.1) is 17.8 Å². The van der Waals surface area contributed by atoms with Crippen molar-refractivity contribution < 1.29 is 0 Å². The molecule has 0 saturated heterocycles. The molecule has 84 valence electrons. The predicted octanol–water partition coefficient (Wildman–Crippen LogP) is 4.75. The van der Waals surface area contributed by atoms with Gasteiger partial charge in [-0.25, -0.2) is 0 Å². The van der Waals surface area contributed by atoms with E-state index in [4.69, 9.17) is 0 Å². The number of rotatable bonds is 1. The van der Waals surface area contributed by atoms with Crippen molar-refractivity contribution >= 4 is 0 Å². The van der Waals surface area contributed by atoms with Crippen LogP contribution in [0.2, 0.25) is 0 Å². The lowest BCUT2D eigenvalue weighted by Crippen LogP contribution is -2.07. The summed E-state index contributed by atoms with van der Waals surface area (Å²) in [5.41, 5.74) is 1.23. The zero-order valence-corrected chi connectivity index (χ0v) is 10.4. The normalized spacial score (nSPS) is 32.7. The van der Waals surface area contributed by atoms with Crippen LogP contribution >= 0.6 is 0 Å². The molecule has 1 aliphatic rings. The molecule has 0 aromatic rings. The van der Waals surface area contributed by atoms with E-state index in [0.29, 0.717) is 5.92 Å². The van der Waals surface area contributed by atoms with Crippen molar-refractivity contribution in [1.82, 2.24) is 0 Å². The van der Waals surface area contributed by atoms with Crippen LogP contribution in [-0.4, -0.2) is 0 Å². The van der Waals surface area contributed by atoms with Crippen LogP contribution in [0.3, 0.4) is 0 Å². The zero-order valence-electron chi connectivity index (χ0n) is 10.4. The number of hydrogen-bond acceptors (Lipinski definition) is 0. The third-order valence-electron chi connectivity index (χ3n) is 3.24. The summed E-state index contributed by atoms with van der Waals surface area (Å²) in [6.45, 7) is 11.0. The Bertz CT molecular complexity index is 255. The predicted molar refractivity (Wildman–Crippen MR) is 68.8 cm³/mol. The van der Waals surface area contributed by atoms with Crippen LogP contribution in [0.4, 0.5) is 0 Å².